The number of amides is 2. The summed E-state index contributed by atoms with van der Waals surface area (Å²) in [5.74, 6) is -0.365. The molecule has 0 aliphatic carbocycles. The molecule has 5 nitrogen and oxygen atoms in total. The maximum atomic E-state index is 12.0. The van der Waals surface area contributed by atoms with Crippen molar-refractivity contribution < 1.29 is 9.59 Å². The minimum absolute atomic E-state index is 0. The van der Waals surface area contributed by atoms with Crippen molar-refractivity contribution in [3.05, 3.63) is 29.8 Å². The summed E-state index contributed by atoms with van der Waals surface area (Å²) < 4.78 is 0. The van der Waals surface area contributed by atoms with Gasteiger partial charge in [-0.15, -0.1) is 12.4 Å². The van der Waals surface area contributed by atoms with Gasteiger partial charge in [0.2, 0.25) is 5.91 Å². The van der Waals surface area contributed by atoms with Crippen LogP contribution in [0.2, 0.25) is 0 Å². The molecule has 22 heavy (non-hydrogen) atoms. The Balaban J connectivity index is 0.00000441. The van der Waals surface area contributed by atoms with Crippen LogP contribution in [0.1, 0.15) is 45.0 Å². The Labute approximate surface area is 138 Å². The van der Waals surface area contributed by atoms with Gasteiger partial charge in [0.1, 0.15) is 0 Å². The van der Waals surface area contributed by atoms with Gasteiger partial charge in [-0.2, -0.15) is 0 Å². The largest absolute Gasteiger partial charge is 0.350 e. The van der Waals surface area contributed by atoms with Crippen molar-refractivity contribution in [3.63, 3.8) is 0 Å². The first-order valence-electron chi connectivity index (χ1n) is 7.08. The summed E-state index contributed by atoms with van der Waals surface area (Å²) in [6, 6.07) is 6.24. The molecular formula is C16H26ClN3O2. The molecule has 0 aliphatic heterocycles. The number of carbonyl (C=O) groups is 2. The topological polar surface area (TPSA) is 84.2 Å². The van der Waals surface area contributed by atoms with Crippen LogP contribution in [0.15, 0.2) is 24.3 Å². The van der Waals surface area contributed by atoms with Gasteiger partial charge in [-0.1, -0.05) is 20.8 Å². The Morgan fingerprint density at radius 2 is 1.59 bits per heavy atom. The molecule has 0 fully saturated rings. The Hall–Kier alpha value is -1.59. The molecule has 1 rings (SSSR count). The zero-order valence-corrected chi connectivity index (χ0v) is 14.6. The molecule has 0 spiro atoms. The smallest absolute Gasteiger partial charge is 0.251 e. The molecule has 2 amide bonds. The molecule has 0 saturated carbocycles. The molecule has 0 heterocycles. The number of hydrogen-bond donors (Lipinski definition) is 3. The second kappa shape index (κ2) is 8.15. The first-order chi connectivity index (χ1) is 9.61. The number of nitrogens with one attached hydrogen (secondary N) is 2. The highest BCUT2D eigenvalue weighted by Gasteiger charge is 2.27. The van der Waals surface area contributed by atoms with Crippen LogP contribution >= 0.6 is 12.4 Å². The number of nitrogens with two attached hydrogens (primary N) is 1. The van der Waals surface area contributed by atoms with Crippen molar-refractivity contribution in [1.29, 1.82) is 0 Å². The zero-order chi connectivity index (χ0) is 16.2. The minimum atomic E-state index is -0.596. The lowest BCUT2D eigenvalue weighted by Crippen LogP contribution is -2.45. The normalized spacial score (nSPS) is 12.3. The van der Waals surface area contributed by atoms with E-state index in [4.69, 9.17) is 5.73 Å². The van der Waals surface area contributed by atoms with E-state index in [1.54, 1.807) is 24.3 Å². The van der Waals surface area contributed by atoms with Gasteiger partial charge >= 0.3 is 0 Å². The highest BCUT2D eigenvalue weighted by molar-refractivity contribution is 5.97. The summed E-state index contributed by atoms with van der Waals surface area (Å²) in [5.41, 5.74) is 6.78. The number of benzene rings is 1. The van der Waals surface area contributed by atoms with E-state index in [9.17, 15) is 9.59 Å². The van der Waals surface area contributed by atoms with Gasteiger partial charge in [-0.3, -0.25) is 9.59 Å². The molecular weight excluding hydrogens is 302 g/mol. The van der Waals surface area contributed by atoms with Gasteiger partial charge in [-0.05, 0) is 43.5 Å². The van der Waals surface area contributed by atoms with Crippen LogP contribution in [0.3, 0.4) is 0 Å². The summed E-state index contributed by atoms with van der Waals surface area (Å²) in [6.45, 7) is 9.55. The third-order valence-electron chi connectivity index (χ3n) is 3.05. The molecule has 4 N–H and O–H groups in total. The average Bonchev–Trinajstić information content (AvgIpc) is 2.36. The standard InChI is InChI=1S/C16H25N3O2.ClH/c1-10(2)18-14(20)11-6-8-12(9-7-11)19-15(21)13(17)16(3,4)5;/h6-10,13H,17H2,1-5H3,(H,18,20)(H,19,21);1H/t13-;/m1./s1. The molecule has 0 aromatic heterocycles. The zero-order valence-electron chi connectivity index (χ0n) is 13.8. The number of anilines is 1. The average molecular weight is 328 g/mol. The summed E-state index contributed by atoms with van der Waals surface area (Å²) >= 11 is 0. The van der Waals surface area contributed by atoms with Gasteiger partial charge in [-0.25, -0.2) is 0 Å². The fraction of sp³-hybridized carbons (Fsp3) is 0.500. The van der Waals surface area contributed by atoms with Crippen LogP contribution in [0, 0.1) is 5.41 Å². The van der Waals surface area contributed by atoms with Gasteiger partial charge in [0.15, 0.2) is 0 Å². The highest BCUT2D eigenvalue weighted by Crippen LogP contribution is 2.19. The van der Waals surface area contributed by atoms with Crippen LogP contribution in [0.4, 0.5) is 5.69 Å². The van der Waals surface area contributed by atoms with Crippen molar-refractivity contribution in [2.45, 2.75) is 46.7 Å². The summed E-state index contributed by atoms with van der Waals surface area (Å²) in [5, 5.41) is 5.57. The Kier molecular flexibility index (Phi) is 7.56. The molecule has 0 aliphatic rings. The molecule has 1 aromatic carbocycles. The lowest BCUT2D eigenvalue weighted by Gasteiger charge is -2.25. The molecule has 1 atom stereocenters. The van der Waals surface area contributed by atoms with E-state index >= 15 is 0 Å². The van der Waals surface area contributed by atoms with E-state index < -0.39 is 6.04 Å². The van der Waals surface area contributed by atoms with Crippen LogP contribution in [-0.4, -0.2) is 23.9 Å². The lowest BCUT2D eigenvalue weighted by molar-refractivity contribution is -0.119. The fourth-order valence-electron chi connectivity index (χ4n) is 1.66. The van der Waals surface area contributed by atoms with E-state index in [2.05, 4.69) is 10.6 Å². The second-order valence-electron chi connectivity index (χ2n) is 6.54. The SMILES string of the molecule is CC(C)NC(=O)c1ccc(NC(=O)[C@@H](N)C(C)(C)C)cc1.Cl. The number of rotatable bonds is 4. The molecule has 6 heteroatoms. The number of hydrogen-bond acceptors (Lipinski definition) is 3. The molecule has 0 saturated heterocycles. The van der Waals surface area contributed by atoms with Gasteiger partial charge < -0.3 is 16.4 Å². The van der Waals surface area contributed by atoms with Crippen LogP contribution in [0.25, 0.3) is 0 Å². The van der Waals surface area contributed by atoms with Crippen molar-refractivity contribution in [3.8, 4) is 0 Å². The van der Waals surface area contributed by atoms with Gasteiger partial charge in [0.05, 0.1) is 6.04 Å². The number of halogens is 1. The maximum Gasteiger partial charge on any atom is 0.251 e. The van der Waals surface area contributed by atoms with E-state index in [0.717, 1.165) is 0 Å². The van der Waals surface area contributed by atoms with Gasteiger partial charge in [0, 0.05) is 17.3 Å². The third-order valence-corrected chi connectivity index (χ3v) is 3.05. The van der Waals surface area contributed by atoms with Crippen molar-refractivity contribution in [2.75, 3.05) is 5.32 Å². The predicted octanol–water partition coefficient (Wildman–Crippen LogP) is 2.56. The van der Waals surface area contributed by atoms with E-state index in [1.165, 1.54) is 0 Å². The second-order valence-corrected chi connectivity index (χ2v) is 6.54. The number of carbonyl (C=O) groups excluding carboxylic acids is 2. The Morgan fingerprint density at radius 3 is 2.00 bits per heavy atom. The fourth-order valence-corrected chi connectivity index (χ4v) is 1.66. The molecule has 0 bridgehead atoms. The maximum absolute atomic E-state index is 12.0. The predicted molar refractivity (Wildman–Crippen MR) is 92.4 cm³/mol. The third kappa shape index (κ3) is 6.03. The first kappa shape index (κ1) is 20.4. The molecule has 1 aromatic rings. The molecule has 0 radical (unpaired) electrons. The van der Waals surface area contributed by atoms with Crippen LogP contribution in [-0.2, 0) is 4.79 Å². The van der Waals surface area contributed by atoms with Crippen LogP contribution in [0.5, 0.6) is 0 Å². The van der Waals surface area contributed by atoms with Crippen molar-refractivity contribution in [2.24, 2.45) is 11.1 Å². The highest BCUT2D eigenvalue weighted by atomic mass is 35.5. The van der Waals surface area contributed by atoms with E-state index in [0.29, 0.717) is 11.3 Å². The quantitative estimate of drug-likeness (QED) is 0.794. The molecule has 124 valence electrons. The monoisotopic (exact) mass is 327 g/mol. The summed E-state index contributed by atoms with van der Waals surface area (Å²) in [4.78, 5) is 23.8. The van der Waals surface area contributed by atoms with Crippen molar-refractivity contribution >= 4 is 29.9 Å². The summed E-state index contributed by atoms with van der Waals surface area (Å²) in [6.07, 6.45) is 0. The minimum Gasteiger partial charge on any atom is -0.350 e. The van der Waals surface area contributed by atoms with E-state index in [1.807, 2.05) is 34.6 Å². The Bertz CT molecular complexity index is 507. The van der Waals surface area contributed by atoms with Crippen molar-refractivity contribution in [1.82, 2.24) is 5.32 Å². The summed E-state index contributed by atoms with van der Waals surface area (Å²) in [7, 11) is 0. The van der Waals surface area contributed by atoms with Crippen LogP contribution < -0.4 is 16.4 Å². The molecule has 0 unspecified atom stereocenters. The lowest BCUT2D eigenvalue weighted by atomic mass is 9.87. The Morgan fingerprint density at radius 1 is 1.09 bits per heavy atom. The van der Waals surface area contributed by atoms with Gasteiger partial charge in [0.25, 0.3) is 5.91 Å². The first-order valence-corrected chi connectivity index (χ1v) is 7.08. The van der Waals surface area contributed by atoms with E-state index in [-0.39, 0.29) is 35.7 Å².